The van der Waals surface area contributed by atoms with Crippen molar-refractivity contribution >= 4 is 5.78 Å². The van der Waals surface area contributed by atoms with Crippen LogP contribution in [0.3, 0.4) is 0 Å². The molecule has 0 aromatic rings. The van der Waals surface area contributed by atoms with Crippen molar-refractivity contribution in [3.63, 3.8) is 0 Å². The molecule has 16 heavy (non-hydrogen) atoms. The molecule has 2 heteroatoms. The van der Waals surface area contributed by atoms with Crippen molar-refractivity contribution in [2.24, 2.45) is 11.3 Å². The second kappa shape index (κ2) is 4.48. The van der Waals surface area contributed by atoms with Crippen LogP contribution in [-0.4, -0.2) is 29.3 Å². The Bertz CT molecular complexity index is 249. The molecule has 0 radical (unpaired) electrons. The van der Waals surface area contributed by atoms with E-state index in [0.29, 0.717) is 11.7 Å². The van der Waals surface area contributed by atoms with Gasteiger partial charge in [0.05, 0.1) is 0 Å². The van der Waals surface area contributed by atoms with Crippen LogP contribution in [0.2, 0.25) is 0 Å². The molecule has 0 atom stereocenters. The fourth-order valence-electron chi connectivity index (χ4n) is 2.42. The van der Waals surface area contributed by atoms with E-state index in [1.165, 1.54) is 0 Å². The molecular formula is C14H27NO. The number of hydrogen-bond donors (Lipinski definition) is 0. The number of nitrogens with zero attached hydrogens (tertiary/aromatic N) is 1. The summed E-state index contributed by atoms with van der Waals surface area (Å²) >= 11 is 0. The van der Waals surface area contributed by atoms with Gasteiger partial charge in [-0.1, -0.05) is 20.8 Å². The Kier molecular flexibility index (Phi) is 3.83. The van der Waals surface area contributed by atoms with E-state index in [1.807, 2.05) is 20.8 Å². The highest BCUT2D eigenvalue weighted by molar-refractivity contribution is 5.86. The van der Waals surface area contributed by atoms with Crippen LogP contribution in [0.15, 0.2) is 0 Å². The first-order valence-corrected chi connectivity index (χ1v) is 6.42. The minimum atomic E-state index is -0.172. The van der Waals surface area contributed by atoms with E-state index >= 15 is 0 Å². The topological polar surface area (TPSA) is 20.3 Å². The highest BCUT2D eigenvalue weighted by atomic mass is 16.1. The average Bonchev–Trinajstić information content (AvgIpc) is 2.14. The Morgan fingerprint density at radius 3 is 1.75 bits per heavy atom. The summed E-state index contributed by atoms with van der Waals surface area (Å²) in [4.78, 5) is 14.6. The number of likely N-dealkylation sites (tertiary alicyclic amines) is 1. The summed E-state index contributed by atoms with van der Waals surface area (Å²) in [6.07, 6.45) is 2.07. The van der Waals surface area contributed by atoms with Crippen LogP contribution in [0.5, 0.6) is 0 Å². The fourth-order valence-corrected chi connectivity index (χ4v) is 2.42. The van der Waals surface area contributed by atoms with Gasteiger partial charge in [0, 0.05) is 16.9 Å². The second-order valence-electron chi connectivity index (χ2n) is 7.05. The van der Waals surface area contributed by atoms with Gasteiger partial charge in [-0.15, -0.1) is 0 Å². The first-order valence-electron chi connectivity index (χ1n) is 6.42. The second-order valence-corrected chi connectivity index (χ2v) is 7.05. The van der Waals surface area contributed by atoms with Crippen LogP contribution >= 0.6 is 0 Å². The lowest BCUT2D eigenvalue weighted by Crippen LogP contribution is -2.48. The van der Waals surface area contributed by atoms with E-state index in [9.17, 15) is 4.79 Å². The van der Waals surface area contributed by atoms with Crippen LogP contribution < -0.4 is 0 Å². The van der Waals surface area contributed by atoms with Gasteiger partial charge in [0.2, 0.25) is 0 Å². The Morgan fingerprint density at radius 1 is 1.00 bits per heavy atom. The Labute approximate surface area is 100 Å². The van der Waals surface area contributed by atoms with Gasteiger partial charge in [-0.2, -0.15) is 0 Å². The molecule has 0 N–H and O–H groups in total. The van der Waals surface area contributed by atoms with Gasteiger partial charge in [-0.25, -0.2) is 0 Å². The van der Waals surface area contributed by atoms with Crippen LogP contribution in [0.25, 0.3) is 0 Å². The zero-order chi connectivity index (χ0) is 12.6. The number of hydrogen-bond acceptors (Lipinski definition) is 2. The Balaban J connectivity index is 2.53. The van der Waals surface area contributed by atoms with Crippen molar-refractivity contribution in [2.45, 2.75) is 59.9 Å². The normalized spacial score (nSPS) is 21.1. The first kappa shape index (κ1) is 13.7. The molecule has 1 aliphatic rings. The molecule has 94 valence electrons. The minimum Gasteiger partial charge on any atom is -0.299 e. The zero-order valence-corrected chi connectivity index (χ0v) is 11.8. The van der Waals surface area contributed by atoms with E-state index < -0.39 is 0 Å². The number of carbonyl (C=O) groups excluding carboxylic acids is 1. The first-order chi connectivity index (χ1) is 7.12. The van der Waals surface area contributed by atoms with Crippen molar-refractivity contribution in [1.29, 1.82) is 0 Å². The molecular weight excluding hydrogens is 198 g/mol. The van der Waals surface area contributed by atoms with Crippen molar-refractivity contribution in [3.8, 4) is 0 Å². The predicted octanol–water partition coefficient (Wildman–Crippen LogP) is 3.11. The monoisotopic (exact) mass is 225 g/mol. The molecule has 1 fully saturated rings. The van der Waals surface area contributed by atoms with Crippen molar-refractivity contribution < 1.29 is 4.79 Å². The maximum atomic E-state index is 12.2. The van der Waals surface area contributed by atoms with E-state index in [2.05, 4.69) is 25.7 Å². The maximum Gasteiger partial charge on any atom is 0.141 e. The number of rotatable bonds is 1. The van der Waals surface area contributed by atoms with Gasteiger partial charge in [-0.05, 0) is 46.7 Å². The third-order valence-electron chi connectivity index (χ3n) is 3.55. The Hall–Kier alpha value is -0.370. The number of Topliss-reactive ketones (excluding diaryl/α,β-unsaturated/α-hetero) is 1. The number of ketones is 1. The molecule has 2 nitrogen and oxygen atoms in total. The van der Waals surface area contributed by atoms with Gasteiger partial charge < -0.3 is 0 Å². The van der Waals surface area contributed by atoms with Gasteiger partial charge in [0.25, 0.3) is 0 Å². The van der Waals surface area contributed by atoms with Crippen molar-refractivity contribution in [1.82, 2.24) is 4.90 Å². The molecule has 0 amide bonds. The average molecular weight is 225 g/mol. The van der Waals surface area contributed by atoms with E-state index in [1.54, 1.807) is 0 Å². The third-order valence-corrected chi connectivity index (χ3v) is 3.55. The van der Waals surface area contributed by atoms with Crippen LogP contribution in [0.1, 0.15) is 54.4 Å². The molecule has 1 aliphatic heterocycles. The molecule has 0 aromatic heterocycles. The van der Waals surface area contributed by atoms with Gasteiger partial charge >= 0.3 is 0 Å². The summed E-state index contributed by atoms with van der Waals surface area (Å²) in [7, 11) is 0. The summed E-state index contributed by atoms with van der Waals surface area (Å²) in [5.41, 5.74) is 0.0737. The third kappa shape index (κ3) is 3.31. The highest BCUT2D eigenvalue weighted by Gasteiger charge is 2.34. The predicted molar refractivity (Wildman–Crippen MR) is 68.5 cm³/mol. The smallest absolute Gasteiger partial charge is 0.141 e. The van der Waals surface area contributed by atoms with E-state index in [0.717, 1.165) is 25.9 Å². The molecule has 0 unspecified atom stereocenters. The summed E-state index contributed by atoms with van der Waals surface area (Å²) in [6, 6.07) is 0. The highest BCUT2D eigenvalue weighted by Crippen LogP contribution is 2.29. The van der Waals surface area contributed by atoms with Crippen molar-refractivity contribution in [2.75, 3.05) is 13.1 Å². The van der Waals surface area contributed by atoms with Crippen LogP contribution in [-0.2, 0) is 4.79 Å². The Morgan fingerprint density at radius 2 is 1.44 bits per heavy atom. The SMILES string of the molecule is CC(C)(C)C(=O)C1CCN(C(C)(C)C)CC1. The quantitative estimate of drug-likeness (QED) is 0.683. The summed E-state index contributed by atoms with van der Waals surface area (Å²) in [5.74, 6) is 0.736. The minimum absolute atomic E-state index is 0.172. The van der Waals surface area contributed by atoms with Gasteiger partial charge in [-0.3, -0.25) is 9.69 Å². The van der Waals surface area contributed by atoms with Crippen LogP contribution in [0, 0.1) is 11.3 Å². The summed E-state index contributed by atoms with van der Waals surface area (Å²) in [6.45, 7) is 15.0. The van der Waals surface area contributed by atoms with Crippen molar-refractivity contribution in [3.05, 3.63) is 0 Å². The molecule has 0 saturated carbocycles. The molecule has 1 saturated heterocycles. The number of piperidine rings is 1. The molecule has 1 rings (SSSR count). The lowest BCUT2D eigenvalue weighted by Gasteiger charge is -2.41. The lowest BCUT2D eigenvalue weighted by atomic mass is 9.78. The molecule has 0 aliphatic carbocycles. The molecule has 0 spiro atoms. The van der Waals surface area contributed by atoms with Gasteiger partial charge in [0.1, 0.15) is 5.78 Å². The molecule has 1 heterocycles. The largest absolute Gasteiger partial charge is 0.299 e. The van der Waals surface area contributed by atoms with E-state index in [4.69, 9.17) is 0 Å². The standard InChI is InChI=1S/C14H27NO/c1-13(2,3)12(16)11-7-9-15(10-8-11)14(4,5)6/h11H,7-10H2,1-6H3. The molecule has 0 aromatic carbocycles. The zero-order valence-electron chi connectivity index (χ0n) is 11.8. The van der Waals surface area contributed by atoms with E-state index in [-0.39, 0.29) is 11.0 Å². The fraction of sp³-hybridized carbons (Fsp3) is 0.929. The number of carbonyl (C=O) groups is 1. The summed E-state index contributed by atoms with van der Waals surface area (Å²) in [5, 5.41) is 0. The van der Waals surface area contributed by atoms with Gasteiger partial charge in [0.15, 0.2) is 0 Å². The molecule has 0 bridgehead atoms. The summed E-state index contributed by atoms with van der Waals surface area (Å²) < 4.78 is 0. The van der Waals surface area contributed by atoms with Crippen LogP contribution in [0.4, 0.5) is 0 Å². The maximum absolute atomic E-state index is 12.2. The lowest BCUT2D eigenvalue weighted by molar-refractivity contribution is -0.132.